The van der Waals surface area contributed by atoms with E-state index in [2.05, 4.69) is 50.4 Å². The Morgan fingerprint density at radius 3 is 2.31 bits per heavy atom. The first-order chi connectivity index (χ1) is 7.81. The van der Waals surface area contributed by atoms with Crippen molar-refractivity contribution in [2.75, 3.05) is 0 Å². The highest BCUT2D eigenvalue weighted by Crippen LogP contribution is 2.28. The minimum atomic E-state index is 1.04. The van der Waals surface area contributed by atoms with Gasteiger partial charge in [-0.05, 0) is 33.9 Å². The molecule has 0 aliphatic carbocycles. The van der Waals surface area contributed by atoms with Crippen molar-refractivity contribution in [3.05, 3.63) is 60.2 Å². The second-order valence-electron chi connectivity index (χ2n) is 3.85. The fourth-order valence-electron chi connectivity index (χ4n) is 2.19. The van der Waals surface area contributed by atoms with Gasteiger partial charge in [0.2, 0.25) is 0 Å². The molecule has 0 fully saturated rings. The molecule has 0 unspecified atom stereocenters. The summed E-state index contributed by atoms with van der Waals surface area (Å²) in [4.78, 5) is 0. The predicted octanol–water partition coefficient (Wildman–Crippen LogP) is 4.69. The molecule has 0 N–H and O–H groups in total. The fourth-order valence-corrected chi connectivity index (χ4v) is 2.19. The summed E-state index contributed by atoms with van der Waals surface area (Å²) in [5.74, 6) is 0. The van der Waals surface area contributed by atoms with Crippen molar-refractivity contribution >= 4 is 22.9 Å². The van der Waals surface area contributed by atoms with E-state index in [1.807, 2.05) is 12.2 Å². The van der Waals surface area contributed by atoms with Gasteiger partial charge in [0, 0.05) is 0 Å². The highest BCUT2D eigenvalue weighted by atomic mass is 14.1. The second-order valence-corrected chi connectivity index (χ2v) is 3.85. The Hall–Kier alpha value is -1.82. The van der Waals surface area contributed by atoms with E-state index in [1.165, 1.54) is 27.5 Å². The van der Waals surface area contributed by atoms with Gasteiger partial charge in [-0.2, -0.15) is 0 Å². The largest absolute Gasteiger partial charge is 0.0984 e. The summed E-state index contributed by atoms with van der Waals surface area (Å²) in [6.07, 6.45) is 4.86. The minimum Gasteiger partial charge on any atom is -0.0984 e. The van der Waals surface area contributed by atoms with Crippen molar-refractivity contribution in [3.8, 4) is 0 Å². The minimum absolute atomic E-state index is 1.04. The Bertz CT molecular complexity index is 547. The Morgan fingerprint density at radius 1 is 1.06 bits per heavy atom. The summed E-state index contributed by atoms with van der Waals surface area (Å²) in [6, 6.07) is 10.7. The van der Waals surface area contributed by atoms with Gasteiger partial charge in [-0.25, -0.2) is 0 Å². The van der Waals surface area contributed by atoms with E-state index in [1.54, 1.807) is 0 Å². The summed E-state index contributed by atoms with van der Waals surface area (Å²) in [6.45, 7) is 9.95. The lowest BCUT2D eigenvalue weighted by Gasteiger charge is -2.11. The zero-order valence-electron chi connectivity index (χ0n) is 9.66. The highest BCUT2D eigenvalue weighted by Gasteiger charge is 2.06. The number of hydrogen-bond acceptors (Lipinski definition) is 0. The quantitative estimate of drug-likeness (QED) is 0.686. The molecule has 0 radical (unpaired) electrons. The van der Waals surface area contributed by atoms with Crippen molar-refractivity contribution < 1.29 is 0 Å². The smallest absolute Gasteiger partial charge is 0.0103 e. The molecular weight excluding hydrogens is 192 g/mol. The Balaban J connectivity index is 2.94. The van der Waals surface area contributed by atoms with Crippen LogP contribution in [0.25, 0.3) is 22.9 Å². The van der Waals surface area contributed by atoms with Crippen molar-refractivity contribution in [2.45, 2.75) is 13.3 Å². The van der Waals surface area contributed by atoms with Crippen molar-refractivity contribution in [3.63, 3.8) is 0 Å². The number of hydrogen-bond donors (Lipinski definition) is 0. The molecule has 16 heavy (non-hydrogen) atoms. The van der Waals surface area contributed by atoms with E-state index in [-0.39, 0.29) is 0 Å². The average molecular weight is 208 g/mol. The Morgan fingerprint density at radius 2 is 1.75 bits per heavy atom. The molecule has 2 rings (SSSR count). The molecule has 0 amide bonds. The standard InChI is InChI=1S/C16H16/c1-4-12-11-13(5-2)15-9-7-8-10-16(15)14(12)6-3/h4,6-11H,1,3,5H2,2H3. The lowest BCUT2D eigenvalue weighted by Crippen LogP contribution is -1.90. The van der Waals surface area contributed by atoms with Crippen LogP contribution in [0.4, 0.5) is 0 Å². The molecule has 0 bridgehead atoms. The zero-order chi connectivity index (χ0) is 11.5. The third-order valence-corrected chi connectivity index (χ3v) is 3.01. The third kappa shape index (κ3) is 1.57. The monoisotopic (exact) mass is 208 g/mol. The SMILES string of the molecule is C=Cc1cc(CC)c2ccccc2c1C=C. The first-order valence-electron chi connectivity index (χ1n) is 5.61. The first-order valence-corrected chi connectivity index (χ1v) is 5.61. The van der Waals surface area contributed by atoms with Crippen molar-refractivity contribution in [1.29, 1.82) is 0 Å². The Kier molecular flexibility index (Phi) is 2.91. The van der Waals surface area contributed by atoms with Crippen LogP contribution in [0.3, 0.4) is 0 Å². The number of fused-ring (bicyclic) bond motifs is 1. The van der Waals surface area contributed by atoms with Crippen LogP contribution in [0.15, 0.2) is 43.5 Å². The molecule has 0 atom stereocenters. The maximum absolute atomic E-state index is 3.90. The van der Waals surface area contributed by atoms with Gasteiger partial charge >= 0.3 is 0 Å². The molecule has 0 aromatic heterocycles. The van der Waals surface area contributed by atoms with E-state index in [4.69, 9.17) is 0 Å². The molecule has 0 saturated carbocycles. The molecule has 0 aliphatic rings. The van der Waals surface area contributed by atoms with Crippen LogP contribution in [-0.4, -0.2) is 0 Å². The van der Waals surface area contributed by atoms with Crippen LogP contribution >= 0.6 is 0 Å². The molecule has 0 heterocycles. The van der Waals surface area contributed by atoms with Crippen LogP contribution in [0.1, 0.15) is 23.6 Å². The van der Waals surface area contributed by atoms with Gasteiger partial charge in [0.05, 0.1) is 0 Å². The van der Waals surface area contributed by atoms with E-state index < -0.39 is 0 Å². The topological polar surface area (TPSA) is 0 Å². The zero-order valence-corrected chi connectivity index (χ0v) is 9.66. The average Bonchev–Trinajstić information content (AvgIpc) is 2.36. The first kappa shape index (κ1) is 10.7. The van der Waals surface area contributed by atoms with Crippen molar-refractivity contribution in [1.82, 2.24) is 0 Å². The van der Waals surface area contributed by atoms with Crippen LogP contribution in [-0.2, 0) is 6.42 Å². The van der Waals surface area contributed by atoms with Crippen LogP contribution in [0.5, 0.6) is 0 Å². The van der Waals surface area contributed by atoms with E-state index in [9.17, 15) is 0 Å². The number of rotatable bonds is 3. The summed E-state index contributed by atoms with van der Waals surface area (Å²) in [5.41, 5.74) is 3.73. The molecule has 2 aromatic rings. The van der Waals surface area contributed by atoms with E-state index in [0.29, 0.717) is 0 Å². The fraction of sp³-hybridized carbons (Fsp3) is 0.125. The van der Waals surface area contributed by atoms with Gasteiger partial charge in [0.1, 0.15) is 0 Å². The molecular formula is C16H16. The van der Waals surface area contributed by atoms with E-state index >= 15 is 0 Å². The normalized spacial score (nSPS) is 10.3. The van der Waals surface area contributed by atoms with Gasteiger partial charge in [0.15, 0.2) is 0 Å². The molecule has 0 heteroatoms. The van der Waals surface area contributed by atoms with Gasteiger partial charge in [-0.15, -0.1) is 0 Å². The molecule has 0 aliphatic heterocycles. The lowest BCUT2D eigenvalue weighted by molar-refractivity contribution is 1.16. The lowest BCUT2D eigenvalue weighted by atomic mass is 9.93. The second kappa shape index (κ2) is 4.36. The Labute approximate surface area is 96.9 Å². The summed E-state index contributed by atoms with van der Waals surface area (Å²) < 4.78 is 0. The van der Waals surface area contributed by atoms with Gasteiger partial charge in [0.25, 0.3) is 0 Å². The van der Waals surface area contributed by atoms with Crippen molar-refractivity contribution in [2.24, 2.45) is 0 Å². The maximum atomic E-state index is 3.90. The third-order valence-electron chi connectivity index (χ3n) is 3.01. The van der Waals surface area contributed by atoms with Gasteiger partial charge in [-0.3, -0.25) is 0 Å². The number of benzene rings is 2. The van der Waals surface area contributed by atoms with Gasteiger partial charge < -0.3 is 0 Å². The molecule has 80 valence electrons. The summed E-state index contributed by atoms with van der Waals surface area (Å²) >= 11 is 0. The highest BCUT2D eigenvalue weighted by molar-refractivity contribution is 5.96. The molecule has 0 nitrogen and oxygen atoms in total. The number of aryl methyl sites for hydroxylation is 1. The summed E-state index contributed by atoms with van der Waals surface area (Å²) in [5, 5.41) is 2.59. The van der Waals surface area contributed by atoms with Crippen LogP contribution in [0, 0.1) is 0 Å². The molecule has 0 spiro atoms. The maximum Gasteiger partial charge on any atom is -0.0103 e. The van der Waals surface area contributed by atoms with Gasteiger partial charge in [-0.1, -0.05) is 62.6 Å². The predicted molar refractivity (Wildman–Crippen MR) is 73.5 cm³/mol. The van der Waals surface area contributed by atoms with Crippen LogP contribution < -0.4 is 0 Å². The molecule has 2 aromatic carbocycles. The van der Waals surface area contributed by atoms with Crippen LogP contribution in [0.2, 0.25) is 0 Å². The van der Waals surface area contributed by atoms with E-state index in [0.717, 1.165) is 6.42 Å². The summed E-state index contributed by atoms with van der Waals surface area (Å²) in [7, 11) is 0. The molecule has 0 saturated heterocycles.